The van der Waals surface area contributed by atoms with Crippen molar-refractivity contribution in [1.29, 1.82) is 0 Å². The van der Waals surface area contributed by atoms with Gasteiger partial charge in [-0.1, -0.05) is 17.9 Å². The smallest absolute Gasteiger partial charge is 0.251 e. The number of aliphatic hydroxyl groups is 1. The lowest BCUT2D eigenvalue weighted by molar-refractivity contribution is 0.0692. The van der Waals surface area contributed by atoms with Crippen molar-refractivity contribution in [3.05, 3.63) is 34.9 Å². The summed E-state index contributed by atoms with van der Waals surface area (Å²) in [5.74, 6) is 5.25. The van der Waals surface area contributed by atoms with Crippen LogP contribution in [-0.4, -0.2) is 51.1 Å². The number of ether oxygens (including phenoxy) is 2. The first-order valence-electron chi connectivity index (χ1n) is 6.74. The Morgan fingerprint density at radius 3 is 2.86 bits per heavy atom. The molecule has 1 aromatic carbocycles. The molecule has 0 bridgehead atoms. The Morgan fingerprint density at radius 1 is 1.33 bits per heavy atom. The van der Waals surface area contributed by atoms with Crippen LogP contribution in [0.4, 0.5) is 0 Å². The fourth-order valence-electron chi connectivity index (χ4n) is 1.62. The average molecular weight is 291 g/mol. The Kier molecular flexibility index (Phi) is 8.14. The highest BCUT2D eigenvalue weighted by Crippen LogP contribution is 2.10. The van der Waals surface area contributed by atoms with E-state index in [1.54, 1.807) is 19.2 Å². The van der Waals surface area contributed by atoms with Crippen molar-refractivity contribution in [2.24, 2.45) is 0 Å². The van der Waals surface area contributed by atoms with Crippen LogP contribution in [0.5, 0.6) is 0 Å². The minimum Gasteiger partial charge on any atom is -0.384 e. The molecule has 1 rings (SSSR count). The zero-order valence-electron chi connectivity index (χ0n) is 12.4. The third kappa shape index (κ3) is 6.41. The topological polar surface area (TPSA) is 67.8 Å². The molecule has 0 fully saturated rings. The van der Waals surface area contributed by atoms with Gasteiger partial charge in [0.05, 0.1) is 19.8 Å². The number of rotatable bonds is 7. The maximum Gasteiger partial charge on any atom is 0.251 e. The van der Waals surface area contributed by atoms with Crippen LogP contribution in [0.1, 0.15) is 21.5 Å². The van der Waals surface area contributed by atoms with Gasteiger partial charge in [-0.25, -0.2) is 0 Å². The first kappa shape index (κ1) is 17.2. The highest BCUT2D eigenvalue weighted by Gasteiger charge is 2.06. The lowest BCUT2D eigenvalue weighted by atomic mass is 10.0. The van der Waals surface area contributed by atoms with Gasteiger partial charge in [-0.15, -0.1) is 0 Å². The van der Waals surface area contributed by atoms with E-state index in [1.807, 2.05) is 13.0 Å². The van der Waals surface area contributed by atoms with Gasteiger partial charge in [-0.05, 0) is 24.6 Å². The summed E-state index contributed by atoms with van der Waals surface area (Å²) in [6, 6.07) is 5.31. The van der Waals surface area contributed by atoms with E-state index in [9.17, 15) is 4.79 Å². The summed E-state index contributed by atoms with van der Waals surface area (Å²) in [7, 11) is 1.61. The van der Waals surface area contributed by atoms with Gasteiger partial charge in [0.25, 0.3) is 5.91 Å². The Hall–Kier alpha value is -1.87. The quantitative estimate of drug-likeness (QED) is 0.574. The average Bonchev–Trinajstić information content (AvgIpc) is 2.49. The molecule has 0 saturated carbocycles. The summed E-state index contributed by atoms with van der Waals surface area (Å²) >= 11 is 0. The van der Waals surface area contributed by atoms with Crippen molar-refractivity contribution in [3.63, 3.8) is 0 Å². The van der Waals surface area contributed by atoms with Crippen LogP contribution in [0.25, 0.3) is 0 Å². The second-order valence-corrected chi connectivity index (χ2v) is 4.35. The van der Waals surface area contributed by atoms with Crippen molar-refractivity contribution in [2.75, 3.05) is 40.1 Å². The molecule has 5 heteroatoms. The molecule has 0 aliphatic carbocycles. The van der Waals surface area contributed by atoms with E-state index in [0.717, 1.165) is 11.1 Å². The molecule has 5 nitrogen and oxygen atoms in total. The second kappa shape index (κ2) is 9.94. The minimum absolute atomic E-state index is 0.169. The van der Waals surface area contributed by atoms with Crippen molar-refractivity contribution in [2.45, 2.75) is 6.92 Å². The van der Waals surface area contributed by atoms with Crippen molar-refractivity contribution >= 4 is 5.91 Å². The molecule has 0 unspecified atom stereocenters. The number of carbonyl (C=O) groups is 1. The number of carbonyl (C=O) groups excluding carboxylic acids is 1. The lowest BCUT2D eigenvalue weighted by Crippen LogP contribution is -2.27. The van der Waals surface area contributed by atoms with Gasteiger partial charge in [0.1, 0.15) is 6.61 Å². The number of hydrogen-bond acceptors (Lipinski definition) is 4. The van der Waals surface area contributed by atoms with Gasteiger partial charge in [-0.2, -0.15) is 0 Å². The third-order valence-corrected chi connectivity index (χ3v) is 2.77. The molecule has 1 aromatic rings. The minimum atomic E-state index is -0.200. The largest absolute Gasteiger partial charge is 0.384 e. The van der Waals surface area contributed by atoms with Crippen LogP contribution in [-0.2, 0) is 9.47 Å². The summed E-state index contributed by atoms with van der Waals surface area (Å²) in [6.45, 7) is 3.64. The van der Waals surface area contributed by atoms with Gasteiger partial charge in [0.15, 0.2) is 0 Å². The van der Waals surface area contributed by atoms with Crippen LogP contribution >= 0.6 is 0 Å². The molecule has 0 aliphatic heterocycles. The molecule has 0 radical (unpaired) electrons. The third-order valence-electron chi connectivity index (χ3n) is 2.77. The van der Waals surface area contributed by atoms with Crippen LogP contribution in [0.3, 0.4) is 0 Å². The number of aliphatic hydroxyl groups excluding tert-OH is 1. The second-order valence-electron chi connectivity index (χ2n) is 4.35. The fraction of sp³-hybridized carbons (Fsp3) is 0.438. The number of methoxy groups -OCH3 is 1. The zero-order chi connectivity index (χ0) is 15.5. The standard InChI is InChI=1S/C16H21NO4/c1-13-5-6-15(12-14(13)4-3-8-18)16(19)17-7-9-21-11-10-20-2/h5-6,12,18H,7-11H2,1-2H3,(H,17,19). The maximum absolute atomic E-state index is 12.0. The number of aryl methyl sites for hydroxylation is 1. The number of nitrogens with one attached hydrogen (secondary N) is 1. The van der Waals surface area contributed by atoms with Crippen LogP contribution in [0.2, 0.25) is 0 Å². The molecule has 0 aliphatic rings. The molecule has 0 spiro atoms. The highest BCUT2D eigenvalue weighted by molar-refractivity contribution is 5.94. The van der Waals surface area contributed by atoms with E-state index < -0.39 is 0 Å². The first-order valence-corrected chi connectivity index (χ1v) is 6.74. The predicted octanol–water partition coefficient (Wildman–Crippen LogP) is 0.732. The zero-order valence-corrected chi connectivity index (χ0v) is 12.4. The van der Waals surface area contributed by atoms with Gasteiger partial charge in [-0.3, -0.25) is 4.79 Å². The molecule has 0 aromatic heterocycles. The van der Waals surface area contributed by atoms with Gasteiger partial charge in [0, 0.05) is 24.8 Å². The molecule has 0 atom stereocenters. The predicted molar refractivity (Wildman–Crippen MR) is 80.2 cm³/mol. The summed E-state index contributed by atoms with van der Waals surface area (Å²) in [6.07, 6.45) is 0. The summed E-state index contributed by atoms with van der Waals surface area (Å²) in [5.41, 5.74) is 2.25. The van der Waals surface area contributed by atoms with Crippen molar-refractivity contribution in [1.82, 2.24) is 5.32 Å². The van der Waals surface area contributed by atoms with Gasteiger partial charge < -0.3 is 19.9 Å². The highest BCUT2D eigenvalue weighted by atomic mass is 16.5. The number of amides is 1. The molecule has 1 amide bonds. The molecule has 0 saturated heterocycles. The summed E-state index contributed by atoms with van der Waals surface area (Å²) < 4.78 is 10.1. The van der Waals surface area contributed by atoms with E-state index in [4.69, 9.17) is 14.6 Å². The monoisotopic (exact) mass is 291 g/mol. The summed E-state index contributed by atoms with van der Waals surface area (Å²) in [4.78, 5) is 12.0. The summed E-state index contributed by atoms with van der Waals surface area (Å²) in [5, 5.41) is 11.5. The van der Waals surface area contributed by atoms with Gasteiger partial charge in [0.2, 0.25) is 0 Å². The molecule has 21 heavy (non-hydrogen) atoms. The molecule has 114 valence electrons. The maximum atomic E-state index is 12.0. The van der Waals surface area contributed by atoms with Crippen LogP contribution < -0.4 is 5.32 Å². The first-order chi connectivity index (χ1) is 10.2. The van der Waals surface area contributed by atoms with E-state index >= 15 is 0 Å². The van der Waals surface area contributed by atoms with Crippen LogP contribution in [0.15, 0.2) is 18.2 Å². The van der Waals surface area contributed by atoms with Gasteiger partial charge >= 0.3 is 0 Å². The van der Waals surface area contributed by atoms with E-state index in [0.29, 0.717) is 31.9 Å². The van der Waals surface area contributed by atoms with Crippen molar-refractivity contribution in [3.8, 4) is 11.8 Å². The molecular weight excluding hydrogens is 270 g/mol. The normalized spacial score (nSPS) is 9.86. The Balaban J connectivity index is 2.50. The van der Waals surface area contributed by atoms with E-state index in [1.165, 1.54) is 0 Å². The lowest BCUT2D eigenvalue weighted by Gasteiger charge is -2.07. The fourth-order valence-corrected chi connectivity index (χ4v) is 1.62. The Labute approximate surface area is 125 Å². The van der Waals surface area contributed by atoms with Crippen LogP contribution in [0, 0.1) is 18.8 Å². The molecular formula is C16H21NO4. The SMILES string of the molecule is COCCOCCNC(=O)c1ccc(C)c(C#CCO)c1. The van der Waals surface area contributed by atoms with E-state index in [2.05, 4.69) is 17.2 Å². The molecule has 2 N–H and O–H groups in total. The Bertz CT molecular complexity index is 517. The Morgan fingerprint density at radius 2 is 2.14 bits per heavy atom. The van der Waals surface area contributed by atoms with Crippen molar-refractivity contribution < 1.29 is 19.4 Å². The number of hydrogen-bond donors (Lipinski definition) is 2. The number of benzene rings is 1. The molecule has 0 heterocycles. The van der Waals surface area contributed by atoms with E-state index in [-0.39, 0.29) is 12.5 Å².